The van der Waals surface area contributed by atoms with Gasteiger partial charge in [-0.05, 0) is 36.0 Å². The largest absolute Gasteiger partial charge is 0.482 e. The van der Waals surface area contributed by atoms with Gasteiger partial charge in [0, 0.05) is 11.6 Å². The zero-order valence-corrected chi connectivity index (χ0v) is 16.5. The molecule has 1 heterocycles. The molecule has 0 radical (unpaired) electrons. The van der Waals surface area contributed by atoms with Crippen molar-refractivity contribution in [1.29, 1.82) is 0 Å². The molecule has 0 N–H and O–H groups in total. The van der Waals surface area contributed by atoms with Gasteiger partial charge in [0.2, 0.25) is 0 Å². The molecule has 1 saturated carbocycles. The maximum Gasteiger partial charge on any atom is 0.311 e. The highest BCUT2D eigenvalue weighted by Crippen LogP contribution is 2.52. The van der Waals surface area contributed by atoms with Gasteiger partial charge < -0.3 is 4.74 Å². The Balaban J connectivity index is 1.33. The fourth-order valence-corrected chi connectivity index (χ4v) is 4.74. The van der Waals surface area contributed by atoms with Crippen LogP contribution in [0, 0.1) is 33.8 Å². The van der Waals surface area contributed by atoms with Crippen LogP contribution in [0.2, 0.25) is 0 Å². The lowest BCUT2D eigenvalue weighted by Crippen LogP contribution is -2.28. The van der Waals surface area contributed by atoms with E-state index < -0.39 is 4.92 Å². The summed E-state index contributed by atoms with van der Waals surface area (Å²) in [5.74, 6) is -0.898. The Labute approximate surface area is 178 Å². The summed E-state index contributed by atoms with van der Waals surface area (Å²) in [5.41, 5.74) is 1.08. The summed E-state index contributed by atoms with van der Waals surface area (Å²) in [5, 5.41) is 16.5. The van der Waals surface area contributed by atoms with Crippen LogP contribution in [0.5, 0.6) is 5.75 Å². The van der Waals surface area contributed by atoms with Crippen molar-refractivity contribution < 1.29 is 19.2 Å². The second kappa shape index (κ2) is 7.46. The lowest BCUT2D eigenvalue weighted by molar-refractivity contribution is -0.385. The van der Waals surface area contributed by atoms with Crippen LogP contribution in [-0.2, 0) is 16.2 Å². The van der Waals surface area contributed by atoms with Crippen molar-refractivity contribution in [3.05, 3.63) is 81.9 Å². The molecule has 3 aliphatic rings. The number of benzene rings is 2. The minimum absolute atomic E-state index is 0.105. The molecule has 4 atom stereocenters. The summed E-state index contributed by atoms with van der Waals surface area (Å²) in [6.45, 7) is 0.199. The topological polar surface area (TPSA) is 102 Å². The molecule has 8 nitrogen and oxygen atoms in total. The van der Waals surface area contributed by atoms with Crippen LogP contribution in [-0.4, -0.2) is 28.0 Å². The molecule has 5 rings (SSSR count). The summed E-state index contributed by atoms with van der Waals surface area (Å²) in [4.78, 5) is 36.4. The Bertz CT molecular complexity index is 1100. The summed E-state index contributed by atoms with van der Waals surface area (Å²) in [6.07, 6.45) is 6.19. The molecule has 0 aromatic heterocycles. The first kappa shape index (κ1) is 19.2. The fourth-order valence-electron chi connectivity index (χ4n) is 4.74. The third-order valence-electron chi connectivity index (χ3n) is 6.19. The number of rotatable bonds is 6. The number of nitro groups is 1. The number of hydrogen-bond acceptors (Lipinski definition) is 6. The zero-order chi connectivity index (χ0) is 21.5. The number of hydrogen-bond donors (Lipinski definition) is 0. The van der Waals surface area contributed by atoms with Crippen molar-refractivity contribution in [2.75, 3.05) is 0 Å². The molecule has 2 bridgehead atoms. The van der Waals surface area contributed by atoms with Crippen LogP contribution >= 0.6 is 0 Å². The van der Waals surface area contributed by atoms with Gasteiger partial charge >= 0.3 is 5.69 Å². The number of ether oxygens (including phenoxy) is 1. The van der Waals surface area contributed by atoms with E-state index in [-0.39, 0.29) is 53.5 Å². The van der Waals surface area contributed by atoms with Crippen molar-refractivity contribution in [2.45, 2.75) is 13.0 Å². The number of carbonyl (C=O) groups is 2. The molecule has 0 unspecified atom stereocenters. The second-order valence-corrected chi connectivity index (χ2v) is 7.99. The summed E-state index contributed by atoms with van der Waals surface area (Å²) in [6, 6.07) is 13.8. The van der Waals surface area contributed by atoms with Gasteiger partial charge in [-0.1, -0.05) is 42.5 Å². The SMILES string of the molecule is O=C1[C@@H]2[C@H](C(=O)N1N=Cc1ccc(OCc3ccccc3)c([N+](=O)[O-])c1)[C@H]1C=C[C@H]2C1. The van der Waals surface area contributed by atoms with Gasteiger partial charge in [-0.3, -0.25) is 19.7 Å². The molecule has 2 aromatic carbocycles. The lowest BCUT2D eigenvalue weighted by Gasteiger charge is -2.13. The minimum atomic E-state index is -0.530. The van der Waals surface area contributed by atoms with Crippen molar-refractivity contribution in [1.82, 2.24) is 5.01 Å². The number of allylic oxidation sites excluding steroid dienone is 2. The number of amides is 2. The van der Waals surface area contributed by atoms with Crippen LogP contribution in [0.3, 0.4) is 0 Å². The van der Waals surface area contributed by atoms with E-state index in [9.17, 15) is 19.7 Å². The number of nitro benzene ring substituents is 1. The van der Waals surface area contributed by atoms with Crippen LogP contribution < -0.4 is 4.74 Å². The maximum atomic E-state index is 12.7. The zero-order valence-electron chi connectivity index (χ0n) is 16.5. The third kappa shape index (κ3) is 3.30. The van der Waals surface area contributed by atoms with E-state index in [2.05, 4.69) is 5.10 Å². The molecule has 0 spiro atoms. The van der Waals surface area contributed by atoms with E-state index in [4.69, 9.17) is 4.74 Å². The third-order valence-corrected chi connectivity index (χ3v) is 6.19. The fraction of sp³-hybridized carbons (Fsp3) is 0.261. The molecule has 2 aliphatic carbocycles. The Hall–Kier alpha value is -3.81. The van der Waals surface area contributed by atoms with Crippen LogP contribution in [0.15, 0.2) is 65.8 Å². The number of imide groups is 1. The summed E-state index contributed by atoms with van der Waals surface area (Å²) in [7, 11) is 0. The van der Waals surface area contributed by atoms with Crippen molar-refractivity contribution in [3.63, 3.8) is 0 Å². The first-order valence-electron chi connectivity index (χ1n) is 10.1. The first-order valence-corrected chi connectivity index (χ1v) is 10.1. The smallest absolute Gasteiger partial charge is 0.311 e. The average molecular weight is 417 g/mol. The van der Waals surface area contributed by atoms with E-state index in [0.29, 0.717) is 5.56 Å². The van der Waals surface area contributed by atoms with Gasteiger partial charge in [0.1, 0.15) is 6.61 Å². The standard InChI is InChI=1S/C23H19N3O5/c27-22-20-16-7-8-17(11-16)21(20)23(28)25(22)24-12-15-6-9-19(18(10-15)26(29)30)31-13-14-4-2-1-3-5-14/h1-10,12,16-17,20-21H,11,13H2/t16-,17-,20-,21+/m0/s1. The van der Waals surface area contributed by atoms with E-state index in [1.165, 1.54) is 18.3 Å². The molecule has 2 fully saturated rings. The minimum Gasteiger partial charge on any atom is -0.482 e. The Kier molecular flexibility index (Phi) is 4.62. The van der Waals surface area contributed by atoms with E-state index >= 15 is 0 Å². The average Bonchev–Trinajstić information content (AvgIpc) is 3.46. The number of hydrazone groups is 1. The number of nitrogens with zero attached hydrogens (tertiary/aromatic N) is 3. The highest BCUT2D eigenvalue weighted by atomic mass is 16.6. The molecule has 1 aliphatic heterocycles. The van der Waals surface area contributed by atoms with E-state index in [1.54, 1.807) is 6.07 Å². The predicted octanol–water partition coefficient (Wildman–Crippen LogP) is 3.31. The molecular weight excluding hydrogens is 398 g/mol. The van der Waals surface area contributed by atoms with Crippen molar-refractivity contribution >= 4 is 23.7 Å². The van der Waals surface area contributed by atoms with Gasteiger partial charge in [0.15, 0.2) is 5.75 Å². The van der Waals surface area contributed by atoms with Gasteiger partial charge in [-0.25, -0.2) is 0 Å². The van der Waals surface area contributed by atoms with Crippen LogP contribution in [0.25, 0.3) is 0 Å². The second-order valence-electron chi connectivity index (χ2n) is 7.99. The Morgan fingerprint density at radius 1 is 1.06 bits per heavy atom. The Morgan fingerprint density at radius 3 is 2.39 bits per heavy atom. The predicted molar refractivity (Wildman–Crippen MR) is 111 cm³/mol. The van der Waals surface area contributed by atoms with Gasteiger partial charge in [0.05, 0.1) is 23.0 Å². The number of carbonyl (C=O) groups excluding carboxylic acids is 2. The maximum absolute atomic E-state index is 12.7. The molecule has 2 aromatic rings. The van der Waals surface area contributed by atoms with Crippen molar-refractivity contribution in [3.8, 4) is 5.75 Å². The normalized spacial score (nSPS) is 26.1. The lowest BCUT2D eigenvalue weighted by atomic mass is 9.85. The van der Waals surface area contributed by atoms with Gasteiger partial charge in [0.25, 0.3) is 11.8 Å². The quantitative estimate of drug-likeness (QED) is 0.236. The van der Waals surface area contributed by atoms with Gasteiger partial charge in [-0.15, -0.1) is 0 Å². The Morgan fingerprint density at radius 2 is 1.74 bits per heavy atom. The van der Waals surface area contributed by atoms with Crippen LogP contribution in [0.1, 0.15) is 17.5 Å². The number of fused-ring (bicyclic) bond motifs is 5. The first-order chi connectivity index (χ1) is 15.0. The molecule has 8 heteroatoms. The highest BCUT2D eigenvalue weighted by Gasteiger charge is 2.59. The summed E-state index contributed by atoms with van der Waals surface area (Å²) < 4.78 is 5.62. The molecular formula is C23H19N3O5. The van der Waals surface area contributed by atoms with E-state index in [1.807, 2.05) is 42.5 Å². The van der Waals surface area contributed by atoms with Crippen molar-refractivity contribution in [2.24, 2.45) is 28.8 Å². The molecule has 156 valence electrons. The van der Waals surface area contributed by atoms with Crippen LogP contribution in [0.4, 0.5) is 5.69 Å². The highest BCUT2D eigenvalue weighted by molar-refractivity contribution is 6.06. The van der Waals surface area contributed by atoms with E-state index in [0.717, 1.165) is 17.0 Å². The summed E-state index contributed by atoms with van der Waals surface area (Å²) >= 11 is 0. The molecule has 2 amide bonds. The molecule has 31 heavy (non-hydrogen) atoms. The molecule has 1 saturated heterocycles. The van der Waals surface area contributed by atoms with Gasteiger partial charge in [-0.2, -0.15) is 10.1 Å². The monoisotopic (exact) mass is 417 g/mol.